The second-order valence-corrected chi connectivity index (χ2v) is 6.12. The number of rotatable bonds is 3. The summed E-state index contributed by atoms with van der Waals surface area (Å²) >= 11 is 3.72. The molecule has 1 N–H and O–H groups in total. The molecule has 0 fully saturated rings. The van der Waals surface area contributed by atoms with Crippen LogP contribution in [0.5, 0.6) is 0 Å². The molecule has 1 atom stereocenters. The highest BCUT2D eigenvalue weighted by Gasteiger charge is 2.19. The second-order valence-electron chi connectivity index (χ2n) is 4.12. The molecular formula is C13H14N2S2. The lowest BCUT2D eigenvalue weighted by Gasteiger charge is -2.25. The summed E-state index contributed by atoms with van der Waals surface area (Å²) in [5, 5.41) is 3.63. The zero-order valence-corrected chi connectivity index (χ0v) is 11.1. The van der Waals surface area contributed by atoms with Crippen LogP contribution < -0.4 is 5.32 Å². The van der Waals surface area contributed by atoms with Crippen LogP contribution in [-0.2, 0) is 12.3 Å². The number of hydrogen-bond acceptors (Lipinski definition) is 4. The Morgan fingerprint density at radius 2 is 2.29 bits per heavy atom. The van der Waals surface area contributed by atoms with E-state index in [-0.39, 0.29) is 0 Å². The predicted molar refractivity (Wildman–Crippen MR) is 74.3 cm³/mol. The summed E-state index contributed by atoms with van der Waals surface area (Å²) in [7, 11) is 0. The maximum Gasteiger partial charge on any atom is 0.0794 e. The zero-order chi connectivity index (χ0) is 11.5. The van der Waals surface area contributed by atoms with Gasteiger partial charge in [0.05, 0.1) is 5.51 Å². The third-order valence-corrected chi connectivity index (χ3v) is 4.84. The Labute approximate surface area is 109 Å². The van der Waals surface area contributed by atoms with Crippen molar-refractivity contribution in [1.82, 2.24) is 10.3 Å². The topological polar surface area (TPSA) is 24.9 Å². The van der Waals surface area contributed by atoms with Crippen molar-refractivity contribution in [2.24, 2.45) is 0 Å². The first-order chi connectivity index (χ1) is 8.43. The smallest absolute Gasteiger partial charge is 0.0794 e. The van der Waals surface area contributed by atoms with Gasteiger partial charge in [0.1, 0.15) is 0 Å². The summed E-state index contributed by atoms with van der Waals surface area (Å²) in [6.07, 6.45) is 1.94. The number of nitrogens with zero attached hydrogens (tertiary/aromatic N) is 1. The van der Waals surface area contributed by atoms with Crippen LogP contribution in [0.15, 0.2) is 36.0 Å². The van der Waals surface area contributed by atoms with Gasteiger partial charge >= 0.3 is 0 Å². The molecule has 17 heavy (non-hydrogen) atoms. The molecule has 3 rings (SSSR count). The Morgan fingerprint density at radius 1 is 1.35 bits per heavy atom. The molecule has 2 aromatic rings. The number of hydrogen-bond donors (Lipinski definition) is 1. The molecule has 0 bridgehead atoms. The summed E-state index contributed by atoms with van der Waals surface area (Å²) in [6.45, 7) is 0.921. The first kappa shape index (κ1) is 11.3. The predicted octanol–water partition coefficient (Wildman–Crippen LogP) is 3.22. The molecule has 1 aromatic heterocycles. The molecule has 2 nitrogen and oxygen atoms in total. The van der Waals surface area contributed by atoms with Gasteiger partial charge < -0.3 is 5.32 Å². The lowest BCUT2D eigenvalue weighted by molar-refractivity contribution is 0.579. The van der Waals surface area contributed by atoms with E-state index in [0.717, 1.165) is 18.1 Å². The van der Waals surface area contributed by atoms with Crippen LogP contribution in [0.25, 0.3) is 0 Å². The molecule has 0 saturated carbocycles. The van der Waals surface area contributed by atoms with E-state index >= 15 is 0 Å². The monoisotopic (exact) mass is 262 g/mol. The van der Waals surface area contributed by atoms with Crippen molar-refractivity contribution in [2.75, 3.05) is 5.75 Å². The second kappa shape index (κ2) is 5.21. The summed E-state index contributed by atoms with van der Waals surface area (Å²) < 4.78 is 0. The molecule has 1 aromatic carbocycles. The third-order valence-electron chi connectivity index (χ3n) is 2.98. The lowest BCUT2D eigenvalue weighted by Crippen LogP contribution is -2.25. The van der Waals surface area contributed by atoms with Crippen LogP contribution in [0.2, 0.25) is 0 Å². The van der Waals surface area contributed by atoms with Gasteiger partial charge in [0.25, 0.3) is 0 Å². The lowest BCUT2D eigenvalue weighted by atomic mass is 10.0. The van der Waals surface area contributed by atoms with E-state index < -0.39 is 0 Å². The van der Waals surface area contributed by atoms with Gasteiger partial charge in [-0.05, 0) is 11.1 Å². The van der Waals surface area contributed by atoms with E-state index in [9.17, 15) is 0 Å². The number of fused-ring (bicyclic) bond motifs is 1. The van der Waals surface area contributed by atoms with Gasteiger partial charge in [-0.2, -0.15) is 11.8 Å². The minimum atomic E-state index is 0.479. The molecule has 0 aliphatic carbocycles. The minimum Gasteiger partial charge on any atom is -0.304 e. The third kappa shape index (κ3) is 2.54. The quantitative estimate of drug-likeness (QED) is 0.919. The highest BCUT2D eigenvalue weighted by atomic mass is 32.2. The standard InChI is InChI=1S/C13H14N2S2/c1-2-4-12-10(3-1)7-16-8-13(12)15-6-11-5-14-9-17-11/h1-5,9,13,15H,6-8H2. The van der Waals surface area contributed by atoms with E-state index in [2.05, 4.69) is 34.6 Å². The van der Waals surface area contributed by atoms with Crippen molar-refractivity contribution in [3.05, 3.63) is 52.0 Å². The van der Waals surface area contributed by atoms with Crippen molar-refractivity contribution in [3.8, 4) is 0 Å². The zero-order valence-electron chi connectivity index (χ0n) is 9.43. The molecule has 0 amide bonds. The molecular weight excluding hydrogens is 248 g/mol. The fourth-order valence-electron chi connectivity index (χ4n) is 2.10. The van der Waals surface area contributed by atoms with Gasteiger partial charge in [-0.25, -0.2) is 0 Å². The Morgan fingerprint density at radius 3 is 3.18 bits per heavy atom. The summed E-state index contributed by atoms with van der Waals surface area (Å²) in [6, 6.07) is 9.23. The number of aromatic nitrogens is 1. The Hall–Kier alpha value is -0.840. The van der Waals surface area contributed by atoms with E-state index in [1.54, 1.807) is 11.3 Å². The highest BCUT2D eigenvalue weighted by Crippen LogP contribution is 2.31. The molecule has 2 heterocycles. The fraction of sp³-hybridized carbons (Fsp3) is 0.308. The summed E-state index contributed by atoms with van der Waals surface area (Å²) in [5.41, 5.74) is 4.84. The van der Waals surface area contributed by atoms with Gasteiger partial charge in [-0.15, -0.1) is 11.3 Å². The minimum absolute atomic E-state index is 0.479. The molecule has 0 radical (unpaired) electrons. The maximum atomic E-state index is 4.10. The molecule has 88 valence electrons. The van der Waals surface area contributed by atoms with Crippen molar-refractivity contribution < 1.29 is 0 Å². The summed E-state index contributed by atoms with van der Waals surface area (Å²) in [5.74, 6) is 2.31. The van der Waals surface area contributed by atoms with E-state index in [4.69, 9.17) is 0 Å². The van der Waals surface area contributed by atoms with Crippen LogP contribution in [-0.4, -0.2) is 10.7 Å². The average molecular weight is 262 g/mol. The average Bonchev–Trinajstić information content (AvgIpc) is 2.89. The van der Waals surface area contributed by atoms with E-state index in [0.29, 0.717) is 6.04 Å². The fourth-order valence-corrected chi connectivity index (χ4v) is 3.78. The molecule has 0 spiro atoms. The Bertz CT molecular complexity index is 482. The number of benzene rings is 1. The Balaban J connectivity index is 1.72. The van der Waals surface area contributed by atoms with Crippen molar-refractivity contribution in [3.63, 3.8) is 0 Å². The van der Waals surface area contributed by atoms with Crippen LogP contribution in [0.1, 0.15) is 22.0 Å². The largest absolute Gasteiger partial charge is 0.304 e. The molecule has 0 saturated heterocycles. The normalized spacial score (nSPS) is 18.9. The highest BCUT2D eigenvalue weighted by molar-refractivity contribution is 7.98. The maximum absolute atomic E-state index is 4.10. The van der Waals surface area contributed by atoms with Crippen LogP contribution in [0.3, 0.4) is 0 Å². The van der Waals surface area contributed by atoms with Gasteiger partial charge in [-0.3, -0.25) is 4.98 Å². The molecule has 1 unspecified atom stereocenters. The SMILES string of the molecule is c1ccc2c(c1)CSCC2NCc1cncs1. The van der Waals surface area contributed by atoms with Crippen LogP contribution in [0, 0.1) is 0 Å². The van der Waals surface area contributed by atoms with E-state index in [1.165, 1.54) is 16.0 Å². The number of thiazole rings is 1. The van der Waals surface area contributed by atoms with Gasteiger partial charge in [0.2, 0.25) is 0 Å². The number of thioether (sulfide) groups is 1. The first-order valence-corrected chi connectivity index (χ1v) is 7.73. The van der Waals surface area contributed by atoms with Gasteiger partial charge in [0, 0.05) is 35.2 Å². The van der Waals surface area contributed by atoms with Crippen molar-refractivity contribution >= 4 is 23.1 Å². The molecule has 1 aliphatic rings. The van der Waals surface area contributed by atoms with Crippen LogP contribution >= 0.6 is 23.1 Å². The first-order valence-electron chi connectivity index (χ1n) is 5.70. The molecule has 4 heteroatoms. The van der Waals surface area contributed by atoms with Gasteiger partial charge in [-0.1, -0.05) is 24.3 Å². The van der Waals surface area contributed by atoms with Crippen LogP contribution in [0.4, 0.5) is 0 Å². The van der Waals surface area contributed by atoms with Crippen molar-refractivity contribution in [1.29, 1.82) is 0 Å². The van der Waals surface area contributed by atoms with E-state index in [1.807, 2.05) is 23.5 Å². The van der Waals surface area contributed by atoms with Crippen molar-refractivity contribution in [2.45, 2.75) is 18.3 Å². The molecule has 1 aliphatic heterocycles. The summed E-state index contributed by atoms with van der Waals surface area (Å²) in [4.78, 5) is 5.41. The van der Waals surface area contributed by atoms with Gasteiger partial charge in [0.15, 0.2) is 0 Å². The Kier molecular flexibility index (Phi) is 3.45. The number of nitrogens with one attached hydrogen (secondary N) is 1.